The molecule has 0 radical (unpaired) electrons. The van der Waals surface area contributed by atoms with Crippen LogP contribution < -0.4 is 10.6 Å². The minimum atomic E-state index is -0.273. The zero-order valence-electron chi connectivity index (χ0n) is 28.1. The van der Waals surface area contributed by atoms with Crippen molar-refractivity contribution in [3.8, 4) is 11.3 Å². The lowest BCUT2D eigenvalue weighted by Crippen LogP contribution is -2.11. The molecule has 0 saturated carbocycles. The lowest BCUT2D eigenvalue weighted by atomic mass is 10.1. The van der Waals surface area contributed by atoms with Gasteiger partial charge in [0.2, 0.25) is 0 Å². The summed E-state index contributed by atoms with van der Waals surface area (Å²) in [5.41, 5.74) is 8.98. The number of anilines is 2. The number of carbonyl (C=O) groups excluding carboxylic acids is 2. The van der Waals surface area contributed by atoms with Crippen molar-refractivity contribution in [2.75, 3.05) is 10.6 Å². The standard InChI is InChI=1S/C41H31Cl2N5O3S/c1-24-39(52-23-44-24)41(50)46-35-22-48(20-27-9-14-30(43)15-10-27)37-16-11-28(17-33(35)37)38-18-32(25(2)51-38)40(49)45-34-21-47(36-6-4-3-5-31(34)36)19-26-7-12-29(42)13-8-26/h3-18,21-23H,19-20H2,1-2H3,(H,45,49)(H,46,50). The van der Waals surface area contributed by atoms with Gasteiger partial charge in [-0.15, -0.1) is 11.3 Å². The van der Waals surface area contributed by atoms with E-state index in [1.807, 2.05) is 110 Å². The molecule has 0 saturated heterocycles. The summed E-state index contributed by atoms with van der Waals surface area (Å²) in [6, 6.07) is 31.1. The Morgan fingerprint density at radius 3 is 1.96 bits per heavy atom. The van der Waals surface area contributed by atoms with Gasteiger partial charge in [-0.1, -0.05) is 65.7 Å². The van der Waals surface area contributed by atoms with Crippen LogP contribution in [0.4, 0.5) is 11.4 Å². The molecular weight excluding hydrogens is 713 g/mol. The van der Waals surface area contributed by atoms with E-state index in [2.05, 4.69) is 24.8 Å². The molecule has 4 heterocycles. The van der Waals surface area contributed by atoms with Crippen LogP contribution >= 0.6 is 34.5 Å². The molecule has 0 atom stereocenters. The van der Waals surface area contributed by atoms with Gasteiger partial charge in [0.25, 0.3) is 11.8 Å². The highest BCUT2D eigenvalue weighted by atomic mass is 35.5. The molecule has 258 valence electrons. The second-order valence-corrected chi connectivity index (χ2v) is 14.3. The van der Waals surface area contributed by atoms with Gasteiger partial charge in [-0.3, -0.25) is 9.59 Å². The summed E-state index contributed by atoms with van der Waals surface area (Å²) in [4.78, 5) is 31.9. The number of halogens is 2. The fourth-order valence-corrected chi connectivity index (χ4v) is 7.42. The number of para-hydroxylation sites is 1. The van der Waals surface area contributed by atoms with Gasteiger partial charge in [-0.05, 0) is 79.6 Å². The Labute approximate surface area is 313 Å². The van der Waals surface area contributed by atoms with Gasteiger partial charge < -0.3 is 24.2 Å². The molecule has 0 unspecified atom stereocenters. The third-order valence-corrected chi connectivity index (χ3v) is 10.5. The van der Waals surface area contributed by atoms with E-state index in [1.165, 1.54) is 11.3 Å². The number of aromatic nitrogens is 3. The molecule has 4 aromatic carbocycles. The summed E-state index contributed by atoms with van der Waals surface area (Å²) in [6.45, 7) is 4.80. The minimum Gasteiger partial charge on any atom is -0.461 e. The first kappa shape index (κ1) is 33.5. The second kappa shape index (κ2) is 13.8. The summed E-state index contributed by atoms with van der Waals surface area (Å²) in [5, 5.41) is 9.35. The van der Waals surface area contributed by atoms with Crippen LogP contribution in [-0.4, -0.2) is 25.9 Å². The van der Waals surface area contributed by atoms with Crippen LogP contribution in [0, 0.1) is 13.8 Å². The molecule has 0 aliphatic carbocycles. The van der Waals surface area contributed by atoms with Gasteiger partial charge in [0.05, 0.1) is 39.2 Å². The van der Waals surface area contributed by atoms with Crippen LogP contribution in [0.5, 0.6) is 0 Å². The summed E-state index contributed by atoms with van der Waals surface area (Å²) < 4.78 is 10.4. The Morgan fingerprint density at radius 2 is 1.33 bits per heavy atom. The molecule has 52 heavy (non-hydrogen) atoms. The zero-order chi connectivity index (χ0) is 35.9. The van der Waals surface area contributed by atoms with Crippen LogP contribution in [-0.2, 0) is 13.1 Å². The van der Waals surface area contributed by atoms with E-state index in [9.17, 15) is 9.59 Å². The Morgan fingerprint density at radius 1 is 0.731 bits per heavy atom. The number of hydrogen-bond acceptors (Lipinski definition) is 5. The molecule has 2 amide bonds. The normalized spacial score (nSPS) is 11.4. The van der Waals surface area contributed by atoms with Crippen LogP contribution in [0.3, 0.4) is 0 Å². The summed E-state index contributed by atoms with van der Waals surface area (Å²) >= 11 is 13.5. The van der Waals surface area contributed by atoms with Gasteiger partial charge in [0.15, 0.2) is 0 Å². The van der Waals surface area contributed by atoms with E-state index >= 15 is 0 Å². The molecule has 0 bridgehead atoms. The van der Waals surface area contributed by atoms with Crippen LogP contribution in [0.15, 0.2) is 119 Å². The molecule has 4 aromatic heterocycles. The number of carbonyl (C=O) groups is 2. The molecule has 0 fully saturated rings. The third-order valence-electron chi connectivity index (χ3n) is 9.10. The van der Waals surface area contributed by atoms with Gasteiger partial charge >= 0.3 is 0 Å². The smallest absolute Gasteiger partial charge is 0.267 e. The first-order chi connectivity index (χ1) is 25.2. The number of hydrogen-bond donors (Lipinski definition) is 2. The number of thiazole rings is 1. The fourth-order valence-electron chi connectivity index (χ4n) is 6.47. The number of nitrogens with zero attached hydrogens (tertiary/aromatic N) is 3. The molecule has 0 aliphatic heterocycles. The summed E-state index contributed by atoms with van der Waals surface area (Å²) in [5.74, 6) is 0.533. The number of rotatable bonds is 9. The fraction of sp³-hybridized carbons (Fsp3) is 0.0976. The summed E-state index contributed by atoms with van der Waals surface area (Å²) in [7, 11) is 0. The highest BCUT2D eigenvalue weighted by molar-refractivity contribution is 7.12. The van der Waals surface area contributed by atoms with Crippen molar-refractivity contribution in [1.82, 2.24) is 14.1 Å². The highest BCUT2D eigenvalue weighted by Gasteiger charge is 2.21. The molecule has 2 N–H and O–H groups in total. The maximum Gasteiger partial charge on any atom is 0.267 e. The van der Waals surface area contributed by atoms with Gasteiger partial charge in [-0.25, -0.2) is 4.98 Å². The second-order valence-electron chi connectivity index (χ2n) is 12.6. The van der Waals surface area contributed by atoms with E-state index in [0.29, 0.717) is 62.2 Å². The molecule has 8 nitrogen and oxygen atoms in total. The third kappa shape index (κ3) is 6.62. The molecule has 8 aromatic rings. The van der Waals surface area contributed by atoms with Crippen molar-refractivity contribution in [3.05, 3.63) is 158 Å². The van der Waals surface area contributed by atoms with Gasteiger partial charge in [-0.2, -0.15) is 0 Å². The van der Waals surface area contributed by atoms with E-state index in [1.54, 1.807) is 18.5 Å². The number of benzene rings is 4. The van der Waals surface area contributed by atoms with E-state index in [-0.39, 0.29) is 11.8 Å². The van der Waals surface area contributed by atoms with Crippen molar-refractivity contribution in [3.63, 3.8) is 0 Å². The first-order valence-electron chi connectivity index (χ1n) is 16.5. The number of aryl methyl sites for hydroxylation is 2. The average Bonchev–Trinajstić information content (AvgIpc) is 3.92. The van der Waals surface area contributed by atoms with Crippen molar-refractivity contribution in [2.45, 2.75) is 26.9 Å². The Kier molecular flexibility index (Phi) is 8.92. The van der Waals surface area contributed by atoms with Gasteiger partial charge in [0.1, 0.15) is 16.4 Å². The predicted octanol–water partition coefficient (Wildman–Crippen LogP) is 10.8. The molecule has 8 rings (SSSR count). The van der Waals surface area contributed by atoms with Crippen molar-refractivity contribution >= 4 is 79.5 Å². The number of furan rings is 1. The largest absolute Gasteiger partial charge is 0.461 e. The summed E-state index contributed by atoms with van der Waals surface area (Å²) in [6.07, 6.45) is 3.90. The first-order valence-corrected chi connectivity index (χ1v) is 18.2. The number of amides is 2. The maximum absolute atomic E-state index is 13.8. The monoisotopic (exact) mass is 743 g/mol. The zero-order valence-corrected chi connectivity index (χ0v) is 30.4. The lowest BCUT2D eigenvalue weighted by molar-refractivity contribution is 0.101. The molecular formula is C41H31Cl2N5O3S. The lowest BCUT2D eigenvalue weighted by Gasteiger charge is -2.06. The Balaban J connectivity index is 1.10. The molecule has 0 spiro atoms. The van der Waals surface area contributed by atoms with E-state index < -0.39 is 0 Å². The Bertz CT molecular complexity index is 2620. The topological polar surface area (TPSA) is 94.1 Å². The number of nitrogens with one attached hydrogen (secondary N) is 2. The van der Waals surface area contributed by atoms with Crippen LogP contribution in [0.2, 0.25) is 10.0 Å². The van der Waals surface area contributed by atoms with Crippen molar-refractivity contribution < 1.29 is 14.0 Å². The minimum absolute atomic E-state index is 0.224. The van der Waals surface area contributed by atoms with E-state index in [0.717, 1.165) is 38.5 Å². The van der Waals surface area contributed by atoms with Crippen LogP contribution in [0.25, 0.3) is 33.1 Å². The van der Waals surface area contributed by atoms with Crippen molar-refractivity contribution in [1.29, 1.82) is 0 Å². The Hall–Kier alpha value is -5.61. The van der Waals surface area contributed by atoms with Crippen LogP contribution in [0.1, 0.15) is 42.6 Å². The van der Waals surface area contributed by atoms with Crippen molar-refractivity contribution in [2.24, 2.45) is 0 Å². The SMILES string of the molecule is Cc1ncsc1C(=O)Nc1cn(Cc2ccc(Cl)cc2)c2ccc(-c3cc(C(=O)Nc4cn(Cc5ccc(Cl)cc5)c5ccccc45)c(C)o3)cc12. The molecule has 0 aliphatic rings. The molecule has 11 heteroatoms. The quantitative estimate of drug-likeness (QED) is 0.154. The van der Waals surface area contributed by atoms with E-state index in [4.69, 9.17) is 27.6 Å². The van der Waals surface area contributed by atoms with Gasteiger partial charge in [0, 0.05) is 51.9 Å². The highest BCUT2D eigenvalue weighted by Crippen LogP contribution is 2.35. The maximum atomic E-state index is 13.8. The predicted molar refractivity (Wildman–Crippen MR) is 210 cm³/mol. The number of fused-ring (bicyclic) bond motifs is 2. The average molecular weight is 745 g/mol.